The average molecular weight is 289 g/mol. The van der Waals surface area contributed by atoms with Gasteiger partial charge < -0.3 is 10.0 Å². The SMILES string of the molecule is CCCCC(O)c1ccc2c(c1)CN(C(=O)C(C)C)CC2. The van der Waals surface area contributed by atoms with Crippen molar-refractivity contribution in [1.82, 2.24) is 4.90 Å². The lowest BCUT2D eigenvalue weighted by molar-refractivity contribution is -0.135. The van der Waals surface area contributed by atoms with Crippen LogP contribution in [0.3, 0.4) is 0 Å². The molecule has 1 aliphatic rings. The maximum atomic E-state index is 12.1. The first-order valence-electron chi connectivity index (χ1n) is 8.11. The molecule has 0 aliphatic carbocycles. The molecule has 3 heteroatoms. The Morgan fingerprint density at radius 2 is 2.10 bits per heavy atom. The van der Waals surface area contributed by atoms with Crippen LogP contribution >= 0.6 is 0 Å². The molecule has 1 atom stereocenters. The minimum atomic E-state index is -0.383. The summed E-state index contributed by atoms with van der Waals surface area (Å²) in [7, 11) is 0. The Labute approximate surface area is 128 Å². The van der Waals surface area contributed by atoms with Gasteiger partial charge in [0.1, 0.15) is 0 Å². The fourth-order valence-electron chi connectivity index (χ4n) is 2.90. The highest BCUT2D eigenvalue weighted by molar-refractivity contribution is 5.78. The second-order valence-electron chi connectivity index (χ2n) is 6.35. The van der Waals surface area contributed by atoms with Crippen LogP contribution in [-0.2, 0) is 17.8 Å². The van der Waals surface area contributed by atoms with E-state index in [-0.39, 0.29) is 17.9 Å². The molecule has 116 valence electrons. The molecule has 0 fully saturated rings. The van der Waals surface area contributed by atoms with Crippen molar-refractivity contribution < 1.29 is 9.90 Å². The van der Waals surface area contributed by atoms with Crippen LogP contribution in [0.2, 0.25) is 0 Å². The van der Waals surface area contributed by atoms with Gasteiger partial charge in [-0.2, -0.15) is 0 Å². The largest absolute Gasteiger partial charge is 0.388 e. The van der Waals surface area contributed by atoms with E-state index < -0.39 is 0 Å². The lowest BCUT2D eigenvalue weighted by Gasteiger charge is -2.31. The molecule has 1 unspecified atom stereocenters. The van der Waals surface area contributed by atoms with E-state index in [2.05, 4.69) is 19.1 Å². The van der Waals surface area contributed by atoms with Crippen molar-refractivity contribution in [2.75, 3.05) is 6.54 Å². The van der Waals surface area contributed by atoms with E-state index in [1.165, 1.54) is 11.1 Å². The van der Waals surface area contributed by atoms with E-state index in [1.54, 1.807) is 0 Å². The molecule has 0 saturated heterocycles. The van der Waals surface area contributed by atoms with Crippen molar-refractivity contribution >= 4 is 5.91 Å². The lowest BCUT2D eigenvalue weighted by atomic mass is 9.94. The van der Waals surface area contributed by atoms with E-state index in [0.29, 0.717) is 6.54 Å². The van der Waals surface area contributed by atoms with Gasteiger partial charge in [0.25, 0.3) is 0 Å². The van der Waals surface area contributed by atoms with Gasteiger partial charge in [0.2, 0.25) is 5.91 Å². The van der Waals surface area contributed by atoms with Crippen LogP contribution in [-0.4, -0.2) is 22.5 Å². The first-order chi connectivity index (χ1) is 10.0. The first kappa shape index (κ1) is 16.0. The second kappa shape index (κ2) is 7.08. The molecular formula is C18H27NO2. The van der Waals surface area contributed by atoms with Crippen molar-refractivity contribution in [2.24, 2.45) is 5.92 Å². The number of nitrogens with zero attached hydrogens (tertiary/aromatic N) is 1. The number of carbonyl (C=O) groups excluding carboxylic acids is 1. The fourth-order valence-corrected chi connectivity index (χ4v) is 2.90. The summed E-state index contributed by atoms with van der Waals surface area (Å²) in [5.74, 6) is 0.266. The molecule has 0 spiro atoms. The first-order valence-corrected chi connectivity index (χ1v) is 8.11. The molecule has 1 heterocycles. The Morgan fingerprint density at radius 3 is 2.76 bits per heavy atom. The Kier molecular flexibility index (Phi) is 5.40. The highest BCUT2D eigenvalue weighted by atomic mass is 16.3. The van der Waals surface area contributed by atoms with Crippen LogP contribution in [0, 0.1) is 5.92 Å². The quantitative estimate of drug-likeness (QED) is 0.902. The van der Waals surface area contributed by atoms with E-state index in [0.717, 1.165) is 37.8 Å². The summed E-state index contributed by atoms with van der Waals surface area (Å²) in [6.07, 6.45) is 3.48. The van der Waals surface area contributed by atoms with Crippen molar-refractivity contribution in [1.29, 1.82) is 0 Å². The van der Waals surface area contributed by atoms with Crippen molar-refractivity contribution in [2.45, 2.75) is 59.1 Å². The van der Waals surface area contributed by atoms with Crippen LogP contribution in [0.25, 0.3) is 0 Å². The Balaban J connectivity index is 2.12. The summed E-state index contributed by atoms with van der Waals surface area (Å²) in [6.45, 7) is 7.52. The Hall–Kier alpha value is -1.35. The average Bonchev–Trinajstić information content (AvgIpc) is 2.50. The highest BCUT2D eigenvalue weighted by Gasteiger charge is 2.23. The maximum Gasteiger partial charge on any atom is 0.225 e. The fraction of sp³-hybridized carbons (Fsp3) is 0.611. The Bertz CT molecular complexity index is 496. The third kappa shape index (κ3) is 3.85. The summed E-state index contributed by atoms with van der Waals surface area (Å²) in [5, 5.41) is 10.2. The van der Waals surface area contributed by atoms with Gasteiger partial charge in [-0.25, -0.2) is 0 Å². The molecule has 1 aliphatic heterocycles. The summed E-state index contributed by atoms with van der Waals surface area (Å²) < 4.78 is 0. The lowest BCUT2D eigenvalue weighted by Crippen LogP contribution is -2.38. The maximum absolute atomic E-state index is 12.1. The number of aliphatic hydroxyl groups is 1. The second-order valence-corrected chi connectivity index (χ2v) is 6.35. The zero-order valence-corrected chi connectivity index (χ0v) is 13.4. The van der Waals surface area contributed by atoms with Crippen LogP contribution in [0.1, 0.15) is 62.8 Å². The number of aliphatic hydroxyl groups excluding tert-OH is 1. The summed E-state index contributed by atoms with van der Waals surface area (Å²) >= 11 is 0. The molecule has 0 saturated carbocycles. The molecule has 1 amide bonds. The minimum absolute atomic E-state index is 0.0462. The number of hydrogen-bond donors (Lipinski definition) is 1. The molecule has 21 heavy (non-hydrogen) atoms. The van der Waals surface area contributed by atoms with Gasteiger partial charge in [-0.15, -0.1) is 0 Å². The Morgan fingerprint density at radius 1 is 1.33 bits per heavy atom. The monoisotopic (exact) mass is 289 g/mol. The van der Waals surface area contributed by atoms with Gasteiger partial charge in [-0.1, -0.05) is 51.8 Å². The van der Waals surface area contributed by atoms with E-state index in [9.17, 15) is 9.90 Å². The number of rotatable bonds is 5. The molecule has 3 nitrogen and oxygen atoms in total. The number of amides is 1. The smallest absolute Gasteiger partial charge is 0.225 e. The van der Waals surface area contributed by atoms with Crippen LogP contribution in [0.5, 0.6) is 0 Å². The molecule has 0 radical (unpaired) electrons. The molecule has 0 aromatic heterocycles. The number of fused-ring (bicyclic) bond motifs is 1. The number of carbonyl (C=O) groups is 1. The van der Waals surface area contributed by atoms with Gasteiger partial charge in [0.15, 0.2) is 0 Å². The zero-order valence-electron chi connectivity index (χ0n) is 13.4. The molecule has 1 aromatic rings. The van der Waals surface area contributed by atoms with Crippen molar-refractivity contribution in [3.63, 3.8) is 0 Å². The topological polar surface area (TPSA) is 40.5 Å². The minimum Gasteiger partial charge on any atom is -0.388 e. The third-order valence-electron chi connectivity index (χ3n) is 4.26. The van der Waals surface area contributed by atoms with E-state index in [1.807, 2.05) is 24.8 Å². The van der Waals surface area contributed by atoms with E-state index in [4.69, 9.17) is 0 Å². The molecule has 0 bridgehead atoms. The standard InChI is InChI=1S/C18H27NO2/c1-4-5-6-17(20)15-8-7-14-9-10-19(12-16(14)11-15)18(21)13(2)3/h7-8,11,13,17,20H,4-6,9-10,12H2,1-3H3. The molecular weight excluding hydrogens is 262 g/mol. The molecule has 2 rings (SSSR count). The van der Waals surface area contributed by atoms with Gasteiger partial charge in [-0.05, 0) is 29.5 Å². The van der Waals surface area contributed by atoms with Gasteiger partial charge >= 0.3 is 0 Å². The van der Waals surface area contributed by atoms with Crippen LogP contribution < -0.4 is 0 Å². The number of hydrogen-bond acceptors (Lipinski definition) is 2. The normalized spacial score (nSPS) is 16.0. The predicted octanol–water partition coefficient (Wildman–Crippen LogP) is 3.45. The zero-order chi connectivity index (χ0) is 15.4. The number of benzene rings is 1. The third-order valence-corrected chi connectivity index (χ3v) is 4.26. The summed E-state index contributed by atoms with van der Waals surface area (Å²) in [4.78, 5) is 14.1. The van der Waals surface area contributed by atoms with Gasteiger partial charge in [0.05, 0.1) is 6.10 Å². The van der Waals surface area contributed by atoms with Crippen LogP contribution in [0.4, 0.5) is 0 Å². The van der Waals surface area contributed by atoms with E-state index >= 15 is 0 Å². The molecule has 1 aromatic carbocycles. The summed E-state index contributed by atoms with van der Waals surface area (Å²) in [5.41, 5.74) is 3.50. The highest BCUT2D eigenvalue weighted by Crippen LogP contribution is 2.26. The van der Waals surface area contributed by atoms with Crippen LogP contribution in [0.15, 0.2) is 18.2 Å². The van der Waals surface area contributed by atoms with Gasteiger partial charge in [-0.3, -0.25) is 4.79 Å². The number of unbranched alkanes of at least 4 members (excludes halogenated alkanes) is 1. The van der Waals surface area contributed by atoms with Gasteiger partial charge in [0, 0.05) is 19.0 Å². The predicted molar refractivity (Wildman–Crippen MR) is 84.9 cm³/mol. The van der Waals surface area contributed by atoms with Crippen molar-refractivity contribution in [3.05, 3.63) is 34.9 Å². The van der Waals surface area contributed by atoms with Crippen molar-refractivity contribution in [3.8, 4) is 0 Å². The molecule has 1 N–H and O–H groups in total. The summed E-state index contributed by atoms with van der Waals surface area (Å²) in [6, 6.07) is 6.26.